The number of imidazole rings is 1. The molecule has 0 aliphatic carbocycles. The minimum absolute atomic E-state index is 0.0847. The maximum Gasteiger partial charge on any atom is 0.258 e. The number of sulfonamides is 1. The SMILES string of the molecule is NS(=O)(=O)c1c(Cl)nc2nccnn12. The fourth-order valence-corrected chi connectivity index (χ4v) is 2.11. The monoisotopic (exact) mass is 233 g/mol. The van der Waals surface area contributed by atoms with Crippen LogP contribution in [0.1, 0.15) is 0 Å². The molecule has 0 atom stereocenters. The van der Waals surface area contributed by atoms with Crippen LogP contribution in [0.2, 0.25) is 5.15 Å². The molecule has 0 amide bonds. The number of primary sulfonamides is 1. The summed E-state index contributed by atoms with van der Waals surface area (Å²) >= 11 is 5.58. The third kappa shape index (κ3) is 1.33. The van der Waals surface area contributed by atoms with Crippen LogP contribution in [0.5, 0.6) is 0 Å². The lowest BCUT2D eigenvalue weighted by atomic mass is 10.9. The van der Waals surface area contributed by atoms with E-state index in [-0.39, 0.29) is 16.0 Å². The summed E-state index contributed by atoms with van der Waals surface area (Å²) in [5.41, 5.74) is 0. The van der Waals surface area contributed by atoms with E-state index in [9.17, 15) is 8.42 Å². The highest BCUT2D eigenvalue weighted by molar-refractivity contribution is 7.89. The highest BCUT2D eigenvalue weighted by atomic mass is 35.5. The van der Waals surface area contributed by atoms with E-state index in [1.807, 2.05) is 0 Å². The molecule has 0 aliphatic heterocycles. The quantitative estimate of drug-likeness (QED) is 0.710. The summed E-state index contributed by atoms with van der Waals surface area (Å²) in [6.07, 6.45) is 2.67. The summed E-state index contributed by atoms with van der Waals surface area (Å²) in [6.45, 7) is 0. The van der Waals surface area contributed by atoms with E-state index in [0.717, 1.165) is 4.52 Å². The van der Waals surface area contributed by atoms with Crippen LogP contribution in [-0.4, -0.2) is 28.0 Å². The topological polar surface area (TPSA) is 103 Å². The molecule has 9 heteroatoms. The van der Waals surface area contributed by atoms with Crippen LogP contribution < -0.4 is 5.14 Å². The van der Waals surface area contributed by atoms with Crippen molar-refractivity contribution in [3.05, 3.63) is 17.5 Å². The van der Waals surface area contributed by atoms with Crippen molar-refractivity contribution in [2.24, 2.45) is 5.14 Å². The van der Waals surface area contributed by atoms with Gasteiger partial charge in [0.05, 0.1) is 12.4 Å². The molecule has 0 saturated heterocycles. The first-order valence-electron chi connectivity index (χ1n) is 3.38. The van der Waals surface area contributed by atoms with Gasteiger partial charge >= 0.3 is 0 Å². The average Bonchev–Trinajstić information content (AvgIpc) is 2.38. The Kier molecular flexibility index (Phi) is 1.91. The highest BCUT2D eigenvalue weighted by Crippen LogP contribution is 2.18. The summed E-state index contributed by atoms with van der Waals surface area (Å²) in [5, 5.41) is 8.05. The molecule has 0 aliphatic rings. The molecule has 2 heterocycles. The number of nitrogens with two attached hydrogens (primary N) is 1. The van der Waals surface area contributed by atoms with Crippen LogP contribution in [0, 0.1) is 0 Å². The Hall–Kier alpha value is -1.25. The Balaban J connectivity index is 2.95. The van der Waals surface area contributed by atoms with Crippen molar-refractivity contribution in [1.82, 2.24) is 19.6 Å². The van der Waals surface area contributed by atoms with Crippen molar-refractivity contribution >= 4 is 27.4 Å². The van der Waals surface area contributed by atoms with E-state index in [1.54, 1.807) is 0 Å². The Bertz CT molecular complexity index is 591. The molecule has 0 saturated carbocycles. The van der Waals surface area contributed by atoms with Gasteiger partial charge in [0.2, 0.25) is 5.03 Å². The molecular formula is C5H4ClN5O2S. The second-order valence-corrected chi connectivity index (χ2v) is 4.24. The minimum Gasteiger partial charge on any atom is -0.223 e. The molecule has 0 bridgehead atoms. The minimum atomic E-state index is -3.95. The third-order valence-electron chi connectivity index (χ3n) is 1.46. The van der Waals surface area contributed by atoms with Gasteiger partial charge in [0, 0.05) is 0 Å². The Morgan fingerprint density at radius 1 is 1.43 bits per heavy atom. The summed E-state index contributed by atoms with van der Waals surface area (Å²) < 4.78 is 23.2. The molecule has 2 aromatic heterocycles. The molecule has 74 valence electrons. The molecule has 2 aromatic rings. The number of rotatable bonds is 1. The molecule has 0 radical (unpaired) electrons. The van der Waals surface area contributed by atoms with Gasteiger partial charge in [-0.25, -0.2) is 18.5 Å². The van der Waals surface area contributed by atoms with Crippen molar-refractivity contribution in [1.29, 1.82) is 0 Å². The van der Waals surface area contributed by atoms with Crippen molar-refractivity contribution in [2.75, 3.05) is 0 Å². The lowest BCUT2D eigenvalue weighted by molar-refractivity contribution is 0.589. The van der Waals surface area contributed by atoms with Gasteiger partial charge in [-0.05, 0) is 0 Å². The zero-order chi connectivity index (χ0) is 10.3. The van der Waals surface area contributed by atoms with Crippen molar-refractivity contribution in [2.45, 2.75) is 5.03 Å². The van der Waals surface area contributed by atoms with Gasteiger partial charge < -0.3 is 0 Å². The summed E-state index contributed by atoms with van der Waals surface area (Å²) in [7, 11) is -3.95. The third-order valence-corrected chi connectivity index (χ3v) is 2.75. The lowest BCUT2D eigenvalue weighted by Gasteiger charge is -1.95. The van der Waals surface area contributed by atoms with Crippen LogP contribution in [0.15, 0.2) is 17.4 Å². The van der Waals surface area contributed by atoms with Gasteiger partial charge in [-0.3, -0.25) is 0 Å². The van der Waals surface area contributed by atoms with Gasteiger partial charge in [0.15, 0.2) is 5.15 Å². The number of hydrogen-bond donors (Lipinski definition) is 1. The standard InChI is InChI=1S/C5H4ClN5O2S/c6-3-4(14(7,12)13)11-5(10-3)8-1-2-9-11/h1-2H,(H2,7,12,13). The van der Waals surface area contributed by atoms with Gasteiger partial charge in [-0.1, -0.05) is 11.6 Å². The summed E-state index contributed by atoms with van der Waals surface area (Å²) in [6, 6.07) is 0. The molecule has 0 unspecified atom stereocenters. The summed E-state index contributed by atoms with van der Waals surface area (Å²) in [5.74, 6) is 0.0847. The fourth-order valence-electron chi connectivity index (χ4n) is 0.983. The lowest BCUT2D eigenvalue weighted by Crippen LogP contribution is -2.16. The maximum atomic E-state index is 11.1. The molecule has 0 aromatic carbocycles. The number of hydrogen-bond acceptors (Lipinski definition) is 5. The fraction of sp³-hybridized carbons (Fsp3) is 0. The zero-order valence-corrected chi connectivity index (χ0v) is 8.20. The normalized spacial score (nSPS) is 12.1. The Morgan fingerprint density at radius 2 is 2.14 bits per heavy atom. The second kappa shape index (κ2) is 2.87. The maximum absolute atomic E-state index is 11.1. The van der Waals surface area contributed by atoms with Gasteiger partial charge in [-0.15, -0.1) is 0 Å². The van der Waals surface area contributed by atoms with Crippen molar-refractivity contribution < 1.29 is 8.42 Å². The van der Waals surface area contributed by atoms with Gasteiger partial charge in [0.1, 0.15) is 0 Å². The van der Waals surface area contributed by atoms with Crippen LogP contribution in [0.3, 0.4) is 0 Å². The first-order chi connectivity index (χ1) is 6.50. The number of nitrogens with zero attached hydrogens (tertiary/aromatic N) is 4. The number of halogens is 1. The van der Waals surface area contributed by atoms with E-state index < -0.39 is 10.0 Å². The molecule has 14 heavy (non-hydrogen) atoms. The first-order valence-corrected chi connectivity index (χ1v) is 5.30. The van der Waals surface area contributed by atoms with Crippen LogP contribution >= 0.6 is 11.6 Å². The van der Waals surface area contributed by atoms with Crippen LogP contribution in [-0.2, 0) is 10.0 Å². The van der Waals surface area contributed by atoms with Crippen molar-refractivity contribution in [3.8, 4) is 0 Å². The van der Waals surface area contributed by atoms with Crippen LogP contribution in [0.25, 0.3) is 5.78 Å². The number of aromatic nitrogens is 4. The Labute approximate surface area is 83.6 Å². The zero-order valence-electron chi connectivity index (χ0n) is 6.62. The molecule has 7 nitrogen and oxygen atoms in total. The van der Waals surface area contributed by atoms with E-state index in [4.69, 9.17) is 16.7 Å². The second-order valence-electron chi connectivity index (χ2n) is 2.41. The van der Waals surface area contributed by atoms with Gasteiger partial charge in [-0.2, -0.15) is 14.6 Å². The van der Waals surface area contributed by atoms with E-state index in [0.29, 0.717) is 0 Å². The van der Waals surface area contributed by atoms with E-state index in [1.165, 1.54) is 12.4 Å². The Morgan fingerprint density at radius 3 is 2.79 bits per heavy atom. The highest BCUT2D eigenvalue weighted by Gasteiger charge is 2.21. The molecule has 2 rings (SSSR count). The molecule has 0 spiro atoms. The molecule has 0 fully saturated rings. The largest absolute Gasteiger partial charge is 0.258 e. The first kappa shape index (κ1) is 9.31. The average molecular weight is 234 g/mol. The van der Waals surface area contributed by atoms with Gasteiger partial charge in [0.25, 0.3) is 15.8 Å². The van der Waals surface area contributed by atoms with Crippen LogP contribution in [0.4, 0.5) is 0 Å². The smallest absolute Gasteiger partial charge is 0.223 e. The van der Waals surface area contributed by atoms with E-state index >= 15 is 0 Å². The summed E-state index contributed by atoms with van der Waals surface area (Å²) in [4.78, 5) is 7.44. The predicted octanol–water partition coefficient (Wildman–Crippen LogP) is -0.575. The van der Waals surface area contributed by atoms with E-state index in [2.05, 4.69) is 15.1 Å². The van der Waals surface area contributed by atoms with Crippen molar-refractivity contribution in [3.63, 3.8) is 0 Å². The molecule has 2 N–H and O–H groups in total. The predicted molar refractivity (Wildman–Crippen MR) is 47.2 cm³/mol. The molecular weight excluding hydrogens is 230 g/mol. The number of fused-ring (bicyclic) bond motifs is 1.